The third-order valence-electron chi connectivity index (χ3n) is 10.3. The molecule has 10 rings (SSSR count). The fourth-order valence-corrected chi connectivity index (χ4v) is 7.72. The van der Waals surface area contributed by atoms with E-state index in [1.54, 1.807) is 0 Å². The number of aromatic nitrogens is 4. The van der Waals surface area contributed by atoms with Gasteiger partial charge in [-0.1, -0.05) is 133 Å². The molecule has 0 atom stereocenters. The average molecular weight is 703 g/mol. The smallest absolute Gasteiger partial charge is 0.101 e. The van der Waals surface area contributed by atoms with Gasteiger partial charge in [0.2, 0.25) is 0 Å². The summed E-state index contributed by atoms with van der Waals surface area (Å²) in [5.41, 5.74) is 15.0. The molecular formula is C51H34N4. The van der Waals surface area contributed by atoms with Crippen molar-refractivity contribution >= 4 is 21.7 Å². The first kappa shape index (κ1) is 32.2. The first-order chi connectivity index (χ1) is 27.3. The van der Waals surface area contributed by atoms with E-state index in [4.69, 9.17) is 5.10 Å². The first-order valence-electron chi connectivity index (χ1n) is 18.5. The van der Waals surface area contributed by atoms with Crippen molar-refractivity contribution < 1.29 is 0 Å². The quantitative estimate of drug-likeness (QED) is 0.166. The van der Waals surface area contributed by atoms with Crippen LogP contribution in [0.4, 0.5) is 0 Å². The Morgan fingerprint density at radius 1 is 0.345 bits per heavy atom. The van der Waals surface area contributed by atoms with Gasteiger partial charge in [-0.15, -0.1) is 0 Å². The second-order valence-electron chi connectivity index (χ2n) is 13.7. The summed E-state index contributed by atoms with van der Waals surface area (Å²) < 4.78 is 2.13. The van der Waals surface area contributed by atoms with Crippen LogP contribution < -0.4 is 0 Å². The molecule has 0 amide bonds. The Balaban J connectivity index is 1.17. The third-order valence-corrected chi connectivity index (χ3v) is 10.3. The highest BCUT2D eigenvalue weighted by Gasteiger charge is 2.22. The van der Waals surface area contributed by atoms with Gasteiger partial charge in [-0.25, -0.2) is 4.68 Å². The molecule has 3 aromatic heterocycles. The molecule has 0 fully saturated rings. The Kier molecular flexibility index (Phi) is 8.12. The van der Waals surface area contributed by atoms with E-state index >= 15 is 0 Å². The summed E-state index contributed by atoms with van der Waals surface area (Å²) in [7, 11) is 0. The SMILES string of the molecule is c1ccc(-c2cc3c(-c4ccc(-c5cc(-c6ccccn6)cc(-c6ccccn6)c5)cc4)cccc3c3c2c(-c2ccccc2)nn3-c2ccccc2)cc1. The molecule has 0 unspecified atom stereocenters. The molecule has 0 saturated heterocycles. The van der Waals surface area contributed by atoms with Crippen molar-refractivity contribution in [3.05, 3.63) is 207 Å². The van der Waals surface area contributed by atoms with Gasteiger partial charge in [-0.2, -0.15) is 5.10 Å². The van der Waals surface area contributed by atoms with Gasteiger partial charge in [0.1, 0.15) is 5.69 Å². The van der Waals surface area contributed by atoms with Crippen molar-refractivity contribution in [2.24, 2.45) is 0 Å². The van der Waals surface area contributed by atoms with Crippen LogP contribution in [0.15, 0.2) is 207 Å². The lowest BCUT2D eigenvalue weighted by Crippen LogP contribution is -1.97. The van der Waals surface area contributed by atoms with Crippen LogP contribution in [0.2, 0.25) is 0 Å². The predicted molar refractivity (Wildman–Crippen MR) is 227 cm³/mol. The number of hydrogen-bond donors (Lipinski definition) is 0. The molecule has 0 aliphatic carbocycles. The topological polar surface area (TPSA) is 43.6 Å². The number of pyridine rings is 2. The molecule has 0 saturated carbocycles. The molecule has 0 bridgehead atoms. The first-order valence-corrected chi connectivity index (χ1v) is 18.5. The normalized spacial score (nSPS) is 11.3. The minimum absolute atomic E-state index is 0.930. The van der Waals surface area contributed by atoms with Crippen molar-refractivity contribution in [3.63, 3.8) is 0 Å². The van der Waals surface area contributed by atoms with E-state index < -0.39 is 0 Å². The maximum atomic E-state index is 5.38. The third kappa shape index (κ3) is 5.96. The molecule has 0 spiro atoms. The molecule has 3 heterocycles. The average Bonchev–Trinajstić information content (AvgIpc) is 3.69. The summed E-state index contributed by atoms with van der Waals surface area (Å²) in [6.07, 6.45) is 3.68. The molecule has 7 aromatic carbocycles. The van der Waals surface area contributed by atoms with E-state index in [9.17, 15) is 0 Å². The van der Waals surface area contributed by atoms with Crippen LogP contribution in [0, 0.1) is 0 Å². The molecule has 0 radical (unpaired) electrons. The second kappa shape index (κ2) is 13.8. The van der Waals surface area contributed by atoms with Crippen molar-refractivity contribution in [1.82, 2.24) is 19.7 Å². The van der Waals surface area contributed by atoms with Crippen LogP contribution in [0.25, 0.3) is 94.5 Å². The Morgan fingerprint density at radius 3 is 1.51 bits per heavy atom. The molecule has 4 heteroatoms. The number of hydrogen-bond acceptors (Lipinski definition) is 3. The molecule has 10 aromatic rings. The number of benzene rings is 7. The predicted octanol–water partition coefficient (Wildman–Crippen LogP) is 13.0. The van der Waals surface area contributed by atoms with Gasteiger partial charge in [-0.05, 0) is 99.4 Å². The summed E-state index contributed by atoms with van der Waals surface area (Å²) in [5.74, 6) is 0. The lowest BCUT2D eigenvalue weighted by atomic mass is 9.90. The van der Waals surface area contributed by atoms with E-state index in [-0.39, 0.29) is 0 Å². The van der Waals surface area contributed by atoms with Gasteiger partial charge in [0.05, 0.1) is 22.6 Å². The standard InChI is InChI=1S/C51H34N4/c1-4-15-36(16-5-1)45-34-46-43(21-14-22-44(46)51-49(45)50(38-17-6-2-7-18-38)54-55(51)42-19-8-3-9-20-42)37-27-25-35(26-28-37)39-31-40(47-23-10-12-29-52-47)33-41(32-39)48-24-11-13-30-53-48/h1-34H. The minimum Gasteiger partial charge on any atom is -0.256 e. The number of rotatable bonds is 7. The van der Waals surface area contributed by atoms with Crippen LogP contribution in [-0.4, -0.2) is 19.7 Å². The number of fused-ring (bicyclic) bond motifs is 3. The van der Waals surface area contributed by atoms with E-state index in [0.717, 1.165) is 83.6 Å². The summed E-state index contributed by atoms with van der Waals surface area (Å²) in [4.78, 5) is 9.34. The van der Waals surface area contributed by atoms with Crippen LogP contribution in [0.1, 0.15) is 0 Å². The maximum Gasteiger partial charge on any atom is 0.101 e. The van der Waals surface area contributed by atoms with Crippen LogP contribution in [0.3, 0.4) is 0 Å². The van der Waals surface area contributed by atoms with Crippen molar-refractivity contribution in [3.8, 4) is 72.8 Å². The Hall–Kier alpha value is -7.43. The summed E-state index contributed by atoms with van der Waals surface area (Å²) in [6, 6.07) is 68.3. The van der Waals surface area contributed by atoms with Crippen LogP contribution >= 0.6 is 0 Å². The monoisotopic (exact) mass is 702 g/mol. The van der Waals surface area contributed by atoms with E-state index in [2.05, 4.69) is 185 Å². The Labute approximate surface area is 319 Å². The zero-order valence-corrected chi connectivity index (χ0v) is 29.9. The molecule has 0 aliphatic heterocycles. The van der Waals surface area contributed by atoms with E-state index in [1.165, 1.54) is 10.9 Å². The van der Waals surface area contributed by atoms with Crippen molar-refractivity contribution in [2.45, 2.75) is 0 Å². The fourth-order valence-electron chi connectivity index (χ4n) is 7.72. The Morgan fingerprint density at radius 2 is 0.891 bits per heavy atom. The van der Waals surface area contributed by atoms with Crippen molar-refractivity contribution in [1.29, 1.82) is 0 Å². The molecule has 55 heavy (non-hydrogen) atoms. The molecular weight excluding hydrogens is 669 g/mol. The second-order valence-corrected chi connectivity index (χ2v) is 13.7. The van der Waals surface area contributed by atoms with Gasteiger partial charge in [-0.3, -0.25) is 9.97 Å². The van der Waals surface area contributed by atoms with Gasteiger partial charge in [0.15, 0.2) is 0 Å². The molecule has 0 aliphatic rings. The maximum absolute atomic E-state index is 5.38. The van der Waals surface area contributed by atoms with Gasteiger partial charge in [0.25, 0.3) is 0 Å². The largest absolute Gasteiger partial charge is 0.256 e. The molecule has 258 valence electrons. The minimum atomic E-state index is 0.930. The highest BCUT2D eigenvalue weighted by Crippen LogP contribution is 2.44. The summed E-state index contributed by atoms with van der Waals surface area (Å²) in [5, 5.41) is 8.84. The number of nitrogens with zero attached hydrogens (tertiary/aromatic N) is 4. The van der Waals surface area contributed by atoms with E-state index in [1.807, 2.05) is 36.7 Å². The fraction of sp³-hybridized carbons (Fsp3) is 0. The highest BCUT2D eigenvalue weighted by molar-refractivity contribution is 6.19. The van der Waals surface area contributed by atoms with Gasteiger partial charge >= 0.3 is 0 Å². The van der Waals surface area contributed by atoms with Gasteiger partial charge < -0.3 is 0 Å². The van der Waals surface area contributed by atoms with Crippen molar-refractivity contribution in [2.75, 3.05) is 0 Å². The van der Waals surface area contributed by atoms with Crippen LogP contribution in [-0.2, 0) is 0 Å². The lowest BCUT2D eigenvalue weighted by Gasteiger charge is -2.15. The summed E-state index contributed by atoms with van der Waals surface area (Å²) in [6.45, 7) is 0. The summed E-state index contributed by atoms with van der Waals surface area (Å²) >= 11 is 0. The zero-order valence-electron chi connectivity index (χ0n) is 29.9. The molecule has 4 nitrogen and oxygen atoms in total. The zero-order chi connectivity index (χ0) is 36.6. The Bertz CT molecular complexity index is 2870. The number of para-hydroxylation sites is 1. The van der Waals surface area contributed by atoms with E-state index in [0.29, 0.717) is 0 Å². The molecule has 0 N–H and O–H groups in total. The van der Waals surface area contributed by atoms with Crippen LogP contribution in [0.5, 0.6) is 0 Å². The van der Waals surface area contributed by atoms with Gasteiger partial charge in [0, 0.05) is 39.9 Å². The highest BCUT2D eigenvalue weighted by atomic mass is 15.3. The lowest BCUT2D eigenvalue weighted by molar-refractivity contribution is 0.918.